The summed E-state index contributed by atoms with van der Waals surface area (Å²) in [5.41, 5.74) is 0. The summed E-state index contributed by atoms with van der Waals surface area (Å²) in [6.07, 6.45) is 3.24. The van der Waals surface area contributed by atoms with Crippen LogP contribution in [0, 0.1) is 11.8 Å². The van der Waals surface area contributed by atoms with Crippen molar-refractivity contribution in [2.75, 3.05) is 33.4 Å². The van der Waals surface area contributed by atoms with Crippen LogP contribution in [0.15, 0.2) is 0 Å². The Kier molecular flexibility index (Phi) is 4.58. The van der Waals surface area contributed by atoms with Crippen LogP contribution < -0.4 is 5.32 Å². The molecule has 0 radical (unpaired) electrons. The van der Waals surface area contributed by atoms with Crippen molar-refractivity contribution in [2.24, 2.45) is 11.8 Å². The minimum Gasteiger partial charge on any atom is -0.381 e. The lowest BCUT2D eigenvalue weighted by Gasteiger charge is -2.30. The molecule has 1 atom stereocenters. The maximum absolute atomic E-state index is 12.2. The van der Waals surface area contributed by atoms with Crippen LogP contribution in [0.2, 0.25) is 0 Å². The Hall–Kier alpha value is -1.10. The SMILES string of the molecule is CN(CC1CCOCC1)C(=O)C1CCC(=O)NC1. The molecule has 2 aliphatic heterocycles. The summed E-state index contributed by atoms with van der Waals surface area (Å²) in [7, 11) is 1.87. The van der Waals surface area contributed by atoms with E-state index in [4.69, 9.17) is 4.74 Å². The van der Waals surface area contributed by atoms with Crippen molar-refractivity contribution in [2.45, 2.75) is 25.7 Å². The van der Waals surface area contributed by atoms with Crippen LogP contribution in [0.3, 0.4) is 0 Å². The van der Waals surface area contributed by atoms with Crippen LogP contribution in [-0.4, -0.2) is 50.1 Å². The maximum atomic E-state index is 12.2. The molecule has 0 aromatic rings. The fourth-order valence-corrected chi connectivity index (χ4v) is 2.66. The van der Waals surface area contributed by atoms with E-state index in [-0.39, 0.29) is 17.7 Å². The number of hydrogen-bond donors (Lipinski definition) is 1. The molecule has 2 rings (SSSR count). The average molecular weight is 254 g/mol. The second kappa shape index (κ2) is 6.18. The van der Waals surface area contributed by atoms with Crippen LogP contribution >= 0.6 is 0 Å². The van der Waals surface area contributed by atoms with Crippen molar-refractivity contribution in [1.29, 1.82) is 0 Å². The first-order valence-corrected chi connectivity index (χ1v) is 6.76. The van der Waals surface area contributed by atoms with Crippen LogP contribution in [0.5, 0.6) is 0 Å². The van der Waals surface area contributed by atoms with E-state index in [1.807, 2.05) is 11.9 Å². The normalized spacial score (nSPS) is 25.6. The maximum Gasteiger partial charge on any atom is 0.227 e. The molecular formula is C13H22N2O3. The Bertz CT molecular complexity index is 303. The predicted molar refractivity (Wildman–Crippen MR) is 66.9 cm³/mol. The average Bonchev–Trinajstić information content (AvgIpc) is 2.40. The van der Waals surface area contributed by atoms with Gasteiger partial charge in [-0.05, 0) is 25.2 Å². The van der Waals surface area contributed by atoms with Gasteiger partial charge < -0.3 is 15.0 Å². The van der Waals surface area contributed by atoms with Crippen molar-refractivity contribution in [3.8, 4) is 0 Å². The Morgan fingerprint density at radius 3 is 2.72 bits per heavy atom. The highest BCUT2D eigenvalue weighted by molar-refractivity contribution is 5.83. The number of carbonyl (C=O) groups is 2. The van der Waals surface area contributed by atoms with Gasteiger partial charge in [0.05, 0.1) is 5.92 Å². The first-order chi connectivity index (χ1) is 8.66. The first kappa shape index (κ1) is 13.3. The Morgan fingerprint density at radius 2 is 2.11 bits per heavy atom. The number of nitrogens with zero attached hydrogens (tertiary/aromatic N) is 1. The zero-order valence-electron chi connectivity index (χ0n) is 11.0. The van der Waals surface area contributed by atoms with E-state index in [9.17, 15) is 9.59 Å². The molecule has 2 heterocycles. The van der Waals surface area contributed by atoms with E-state index < -0.39 is 0 Å². The van der Waals surface area contributed by atoms with Gasteiger partial charge in [0.2, 0.25) is 11.8 Å². The molecule has 18 heavy (non-hydrogen) atoms. The molecule has 5 nitrogen and oxygen atoms in total. The van der Waals surface area contributed by atoms with Gasteiger partial charge in [0.1, 0.15) is 0 Å². The highest BCUT2D eigenvalue weighted by Gasteiger charge is 2.28. The third-order valence-electron chi connectivity index (χ3n) is 3.86. The van der Waals surface area contributed by atoms with E-state index in [1.54, 1.807) is 0 Å². The van der Waals surface area contributed by atoms with Crippen molar-refractivity contribution in [3.63, 3.8) is 0 Å². The van der Waals surface area contributed by atoms with E-state index >= 15 is 0 Å². The van der Waals surface area contributed by atoms with Gasteiger partial charge in [-0.15, -0.1) is 0 Å². The summed E-state index contributed by atoms with van der Waals surface area (Å²) in [5.74, 6) is 0.756. The first-order valence-electron chi connectivity index (χ1n) is 6.76. The monoisotopic (exact) mass is 254 g/mol. The molecule has 0 aromatic carbocycles. The van der Waals surface area contributed by atoms with Crippen LogP contribution in [0.1, 0.15) is 25.7 Å². The molecule has 5 heteroatoms. The Balaban J connectivity index is 1.78. The lowest BCUT2D eigenvalue weighted by molar-refractivity contribution is -0.137. The van der Waals surface area contributed by atoms with Crippen molar-refractivity contribution in [1.82, 2.24) is 10.2 Å². The smallest absolute Gasteiger partial charge is 0.227 e. The van der Waals surface area contributed by atoms with Gasteiger partial charge in [0, 0.05) is 39.8 Å². The summed E-state index contributed by atoms with van der Waals surface area (Å²) in [4.78, 5) is 25.1. The number of rotatable bonds is 3. The number of ether oxygens (including phenoxy) is 1. The molecule has 1 N–H and O–H groups in total. The fourth-order valence-electron chi connectivity index (χ4n) is 2.66. The summed E-state index contributed by atoms with van der Waals surface area (Å²) >= 11 is 0. The lowest BCUT2D eigenvalue weighted by atomic mass is 9.96. The quantitative estimate of drug-likeness (QED) is 0.793. The molecule has 2 amide bonds. The third kappa shape index (κ3) is 3.45. The van der Waals surface area contributed by atoms with E-state index in [1.165, 1.54) is 0 Å². The van der Waals surface area contributed by atoms with Gasteiger partial charge in [-0.2, -0.15) is 0 Å². The predicted octanol–water partition coefficient (Wildman–Crippen LogP) is 0.398. The Labute approximate surface area is 108 Å². The van der Waals surface area contributed by atoms with Crippen LogP contribution in [0.4, 0.5) is 0 Å². The molecule has 0 bridgehead atoms. The van der Waals surface area contributed by atoms with E-state index in [2.05, 4.69) is 5.32 Å². The largest absolute Gasteiger partial charge is 0.381 e. The van der Waals surface area contributed by atoms with E-state index in [0.29, 0.717) is 25.3 Å². The van der Waals surface area contributed by atoms with Crippen molar-refractivity contribution >= 4 is 11.8 Å². The molecule has 0 aliphatic carbocycles. The highest BCUT2D eigenvalue weighted by atomic mass is 16.5. The summed E-state index contributed by atoms with van der Waals surface area (Å²) < 4.78 is 5.32. The van der Waals surface area contributed by atoms with Gasteiger partial charge in [-0.1, -0.05) is 0 Å². The van der Waals surface area contributed by atoms with Crippen molar-refractivity contribution in [3.05, 3.63) is 0 Å². The molecule has 2 fully saturated rings. The summed E-state index contributed by atoms with van der Waals surface area (Å²) in [6, 6.07) is 0. The van der Waals surface area contributed by atoms with Gasteiger partial charge in [-0.3, -0.25) is 9.59 Å². The van der Waals surface area contributed by atoms with Crippen LogP contribution in [-0.2, 0) is 14.3 Å². The zero-order valence-corrected chi connectivity index (χ0v) is 11.0. The summed E-state index contributed by atoms with van der Waals surface area (Å²) in [6.45, 7) is 2.93. The second-order valence-electron chi connectivity index (χ2n) is 5.31. The molecule has 0 spiro atoms. The molecular weight excluding hydrogens is 232 g/mol. The van der Waals surface area contributed by atoms with Gasteiger partial charge in [-0.25, -0.2) is 0 Å². The number of hydrogen-bond acceptors (Lipinski definition) is 3. The van der Waals surface area contributed by atoms with Gasteiger partial charge >= 0.3 is 0 Å². The molecule has 102 valence electrons. The number of piperidine rings is 1. The molecule has 1 unspecified atom stereocenters. The Morgan fingerprint density at radius 1 is 1.39 bits per heavy atom. The van der Waals surface area contributed by atoms with E-state index in [0.717, 1.165) is 32.6 Å². The van der Waals surface area contributed by atoms with Gasteiger partial charge in [0.25, 0.3) is 0 Å². The molecule has 0 saturated carbocycles. The topological polar surface area (TPSA) is 58.6 Å². The second-order valence-corrected chi connectivity index (χ2v) is 5.31. The minimum absolute atomic E-state index is 0.0347. The lowest BCUT2D eigenvalue weighted by Crippen LogP contribution is -2.45. The third-order valence-corrected chi connectivity index (χ3v) is 3.86. The highest BCUT2D eigenvalue weighted by Crippen LogP contribution is 2.18. The summed E-state index contributed by atoms with van der Waals surface area (Å²) in [5, 5.41) is 2.77. The van der Waals surface area contributed by atoms with Crippen molar-refractivity contribution < 1.29 is 14.3 Å². The molecule has 2 aliphatic rings. The van der Waals surface area contributed by atoms with Gasteiger partial charge in [0.15, 0.2) is 0 Å². The molecule has 0 aromatic heterocycles. The van der Waals surface area contributed by atoms with Crippen LogP contribution in [0.25, 0.3) is 0 Å². The number of nitrogens with one attached hydrogen (secondary N) is 1. The number of amides is 2. The zero-order chi connectivity index (χ0) is 13.0. The fraction of sp³-hybridized carbons (Fsp3) is 0.846. The molecule has 2 saturated heterocycles. The minimum atomic E-state index is -0.0347. The standard InChI is InChI=1S/C13H22N2O3/c1-15(9-10-4-6-18-7-5-10)13(17)11-2-3-12(16)14-8-11/h10-11H,2-9H2,1H3,(H,14,16). The number of carbonyl (C=O) groups excluding carboxylic acids is 2.